The van der Waals surface area contributed by atoms with Gasteiger partial charge >= 0.3 is 0 Å². The number of aromatic nitrogens is 1. The SMILES string of the molecule is Cc1cc(C(=O)N2CC(C(N)=O)C2)no1. The van der Waals surface area contributed by atoms with Crippen molar-refractivity contribution in [2.24, 2.45) is 11.7 Å². The summed E-state index contributed by atoms with van der Waals surface area (Å²) in [6.07, 6.45) is 0. The maximum atomic E-state index is 11.7. The molecule has 2 amide bonds. The second kappa shape index (κ2) is 3.38. The average molecular weight is 209 g/mol. The Hall–Kier alpha value is -1.85. The van der Waals surface area contributed by atoms with Crippen LogP contribution in [0, 0.1) is 12.8 Å². The minimum Gasteiger partial charge on any atom is -0.369 e. The second-order valence-electron chi connectivity index (χ2n) is 3.63. The first kappa shape index (κ1) is 9.70. The van der Waals surface area contributed by atoms with Crippen LogP contribution in [-0.4, -0.2) is 35.0 Å². The summed E-state index contributed by atoms with van der Waals surface area (Å²) in [4.78, 5) is 23.9. The summed E-state index contributed by atoms with van der Waals surface area (Å²) in [6.45, 7) is 2.46. The van der Waals surface area contributed by atoms with Gasteiger partial charge in [-0.2, -0.15) is 0 Å². The predicted molar refractivity (Wildman–Crippen MR) is 49.8 cm³/mol. The van der Waals surface area contributed by atoms with Crippen LogP contribution in [0.15, 0.2) is 10.6 Å². The molecule has 0 saturated carbocycles. The Bertz CT molecular complexity index is 406. The Morgan fingerprint density at radius 1 is 1.60 bits per heavy atom. The van der Waals surface area contributed by atoms with Gasteiger partial charge in [0.1, 0.15) is 5.76 Å². The van der Waals surface area contributed by atoms with Crippen molar-refractivity contribution in [1.82, 2.24) is 10.1 Å². The largest absolute Gasteiger partial charge is 0.369 e. The first-order chi connectivity index (χ1) is 7.08. The molecule has 1 aliphatic heterocycles. The highest BCUT2D eigenvalue weighted by molar-refractivity contribution is 5.94. The van der Waals surface area contributed by atoms with Gasteiger partial charge in [0.25, 0.3) is 5.91 Å². The summed E-state index contributed by atoms with van der Waals surface area (Å²) in [5, 5.41) is 3.61. The molecule has 0 aromatic carbocycles. The van der Waals surface area contributed by atoms with Crippen molar-refractivity contribution in [2.45, 2.75) is 6.92 Å². The van der Waals surface area contributed by atoms with Crippen molar-refractivity contribution < 1.29 is 14.1 Å². The maximum Gasteiger partial charge on any atom is 0.276 e. The number of primary amides is 1. The lowest BCUT2D eigenvalue weighted by Gasteiger charge is -2.36. The molecule has 1 aliphatic rings. The van der Waals surface area contributed by atoms with Gasteiger partial charge in [0, 0.05) is 19.2 Å². The number of nitrogens with zero attached hydrogens (tertiary/aromatic N) is 2. The van der Waals surface area contributed by atoms with Crippen LogP contribution < -0.4 is 5.73 Å². The van der Waals surface area contributed by atoms with E-state index >= 15 is 0 Å². The van der Waals surface area contributed by atoms with Gasteiger partial charge in [-0.3, -0.25) is 9.59 Å². The van der Waals surface area contributed by atoms with E-state index in [1.165, 1.54) is 4.90 Å². The fourth-order valence-electron chi connectivity index (χ4n) is 1.45. The minimum atomic E-state index is -0.365. The van der Waals surface area contributed by atoms with E-state index in [1.54, 1.807) is 13.0 Å². The Balaban J connectivity index is 1.97. The van der Waals surface area contributed by atoms with Crippen LogP contribution in [0.25, 0.3) is 0 Å². The van der Waals surface area contributed by atoms with Gasteiger partial charge in [0.05, 0.1) is 5.92 Å². The van der Waals surface area contributed by atoms with E-state index in [1.807, 2.05) is 0 Å². The van der Waals surface area contributed by atoms with Crippen molar-refractivity contribution in [3.63, 3.8) is 0 Å². The van der Waals surface area contributed by atoms with E-state index in [-0.39, 0.29) is 23.4 Å². The zero-order valence-electron chi connectivity index (χ0n) is 8.27. The molecule has 0 spiro atoms. The van der Waals surface area contributed by atoms with Crippen LogP contribution in [0.2, 0.25) is 0 Å². The molecule has 6 heteroatoms. The van der Waals surface area contributed by atoms with Gasteiger partial charge in [0.15, 0.2) is 5.69 Å². The summed E-state index contributed by atoms with van der Waals surface area (Å²) in [6, 6.07) is 1.57. The quantitative estimate of drug-likeness (QED) is 0.713. The lowest BCUT2D eigenvalue weighted by molar-refractivity contribution is -0.125. The number of hydrogen-bond donors (Lipinski definition) is 1. The lowest BCUT2D eigenvalue weighted by atomic mass is 9.99. The molecule has 0 aliphatic carbocycles. The van der Waals surface area contributed by atoms with Gasteiger partial charge < -0.3 is 15.2 Å². The van der Waals surface area contributed by atoms with E-state index in [4.69, 9.17) is 10.3 Å². The van der Waals surface area contributed by atoms with E-state index < -0.39 is 0 Å². The normalized spacial score (nSPS) is 16.2. The third-order valence-corrected chi connectivity index (χ3v) is 2.42. The molecule has 2 N–H and O–H groups in total. The molecule has 2 heterocycles. The summed E-state index contributed by atoms with van der Waals surface area (Å²) in [7, 11) is 0. The fourth-order valence-corrected chi connectivity index (χ4v) is 1.45. The van der Waals surface area contributed by atoms with Crippen molar-refractivity contribution in [2.75, 3.05) is 13.1 Å². The van der Waals surface area contributed by atoms with Gasteiger partial charge in [-0.1, -0.05) is 5.16 Å². The first-order valence-electron chi connectivity index (χ1n) is 4.60. The first-order valence-corrected chi connectivity index (χ1v) is 4.60. The van der Waals surface area contributed by atoms with Gasteiger partial charge in [0.2, 0.25) is 5.91 Å². The van der Waals surface area contributed by atoms with Crippen LogP contribution in [0.3, 0.4) is 0 Å². The third-order valence-electron chi connectivity index (χ3n) is 2.42. The molecule has 0 radical (unpaired) electrons. The van der Waals surface area contributed by atoms with E-state index in [2.05, 4.69) is 5.16 Å². The number of amides is 2. The summed E-state index contributed by atoms with van der Waals surface area (Å²) in [5.74, 6) is -0.216. The Morgan fingerprint density at radius 2 is 2.27 bits per heavy atom. The molecular formula is C9H11N3O3. The monoisotopic (exact) mass is 209 g/mol. The number of carbonyl (C=O) groups is 2. The second-order valence-corrected chi connectivity index (χ2v) is 3.63. The molecule has 1 fully saturated rings. The molecule has 1 aromatic heterocycles. The van der Waals surface area contributed by atoms with Crippen LogP contribution in [0.1, 0.15) is 16.2 Å². The number of carbonyl (C=O) groups excluding carboxylic acids is 2. The molecule has 80 valence electrons. The highest BCUT2D eigenvalue weighted by atomic mass is 16.5. The van der Waals surface area contributed by atoms with Crippen molar-refractivity contribution in [3.05, 3.63) is 17.5 Å². The summed E-state index contributed by atoms with van der Waals surface area (Å²) in [5.41, 5.74) is 5.37. The zero-order valence-corrected chi connectivity index (χ0v) is 8.27. The number of aryl methyl sites for hydroxylation is 1. The van der Waals surface area contributed by atoms with Crippen LogP contribution >= 0.6 is 0 Å². The number of hydrogen-bond acceptors (Lipinski definition) is 4. The molecule has 1 saturated heterocycles. The van der Waals surface area contributed by atoms with E-state index in [9.17, 15) is 9.59 Å². The van der Waals surface area contributed by atoms with Crippen LogP contribution in [0.4, 0.5) is 0 Å². The molecule has 1 aromatic rings. The molecule has 2 rings (SSSR count). The Morgan fingerprint density at radius 3 is 2.73 bits per heavy atom. The van der Waals surface area contributed by atoms with Crippen molar-refractivity contribution >= 4 is 11.8 Å². The molecule has 6 nitrogen and oxygen atoms in total. The highest BCUT2D eigenvalue weighted by Crippen LogP contribution is 2.18. The van der Waals surface area contributed by atoms with Crippen molar-refractivity contribution in [3.8, 4) is 0 Å². The molecular weight excluding hydrogens is 198 g/mol. The zero-order chi connectivity index (χ0) is 11.0. The number of nitrogens with two attached hydrogens (primary N) is 1. The standard InChI is InChI=1S/C9H11N3O3/c1-5-2-7(11-15-5)9(14)12-3-6(4-12)8(10)13/h2,6H,3-4H2,1H3,(H2,10,13). The maximum absolute atomic E-state index is 11.7. The van der Waals surface area contributed by atoms with E-state index in [0.29, 0.717) is 18.8 Å². The molecule has 0 bridgehead atoms. The molecule has 0 atom stereocenters. The van der Waals surface area contributed by atoms with Gasteiger partial charge in [-0.25, -0.2) is 0 Å². The van der Waals surface area contributed by atoms with Gasteiger partial charge in [-0.15, -0.1) is 0 Å². The predicted octanol–water partition coefficient (Wildman–Crippen LogP) is -0.460. The molecule has 0 unspecified atom stereocenters. The number of rotatable bonds is 2. The Labute approximate surface area is 86.0 Å². The average Bonchev–Trinajstić information content (AvgIpc) is 2.48. The summed E-state index contributed by atoms with van der Waals surface area (Å²) < 4.78 is 4.79. The van der Waals surface area contributed by atoms with E-state index in [0.717, 1.165) is 0 Å². The topological polar surface area (TPSA) is 89.4 Å². The number of likely N-dealkylation sites (tertiary alicyclic amines) is 1. The van der Waals surface area contributed by atoms with Crippen molar-refractivity contribution in [1.29, 1.82) is 0 Å². The molecule has 15 heavy (non-hydrogen) atoms. The highest BCUT2D eigenvalue weighted by Gasteiger charge is 2.35. The summed E-state index contributed by atoms with van der Waals surface area (Å²) >= 11 is 0. The fraction of sp³-hybridized carbons (Fsp3) is 0.444. The van der Waals surface area contributed by atoms with Crippen LogP contribution in [0.5, 0.6) is 0 Å². The lowest BCUT2D eigenvalue weighted by Crippen LogP contribution is -2.54. The van der Waals surface area contributed by atoms with Crippen LogP contribution in [-0.2, 0) is 4.79 Å². The smallest absolute Gasteiger partial charge is 0.276 e. The third kappa shape index (κ3) is 1.70. The van der Waals surface area contributed by atoms with Gasteiger partial charge in [-0.05, 0) is 6.92 Å². The minimum absolute atomic E-state index is 0.218. The Kier molecular flexibility index (Phi) is 2.18.